The molecule has 0 fully saturated rings. The van der Waals surface area contributed by atoms with Gasteiger partial charge in [-0.2, -0.15) is 0 Å². The molecule has 0 spiro atoms. The quantitative estimate of drug-likeness (QED) is 0.403. The minimum absolute atomic E-state index is 0.198. The van der Waals surface area contributed by atoms with Crippen LogP contribution in [-0.4, -0.2) is 32.3 Å². The number of aromatic amines is 1. The lowest BCUT2D eigenvalue weighted by Crippen LogP contribution is -2.45. The molecule has 0 radical (unpaired) electrons. The molecule has 0 saturated heterocycles. The van der Waals surface area contributed by atoms with Crippen LogP contribution < -0.4 is 16.0 Å². The molecule has 0 amide bonds. The summed E-state index contributed by atoms with van der Waals surface area (Å²) in [6.45, 7) is 5.82. The number of aromatic nitrogens is 3. The molecule has 34 heavy (non-hydrogen) atoms. The third kappa shape index (κ3) is 3.79. The molecular weight excluding hydrogens is 434 g/mol. The second-order valence-corrected chi connectivity index (χ2v) is 8.62. The Labute approximate surface area is 196 Å². The van der Waals surface area contributed by atoms with Crippen LogP contribution in [0.15, 0.2) is 52.2 Å². The first-order valence-corrected chi connectivity index (χ1v) is 11.4. The Balaban J connectivity index is 2.07. The number of nitrogens with zero attached hydrogens (tertiary/aromatic N) is 2. The maximum Gasteiger partial charge on any atom is 0.332 e. The van der Waals surface area contributed by atoms with E-state index in [1.807, 2.05) is 45.2 Å². The van der Waals surface area contributed by atoms with Gasteiger partial charge in [-0.3, -0.25) is 9.36 Å². The summed E-state index contributed by atoms with van der Waals surface area (Å²) in [6, 6.07) is 9.10. The van der Waals surface area contributed by atoms with Gasteiger partial charge in [0.1, 0.15) is 11.8 Å². The molecule has 4 rings (SSSR count). The highest BCUT2D eigenvalue weighted by molar-refractivity contribution is 5.87. The van der Waals surface area contributed by atoms with Gasteiger partial charge in [0.2, 0.25) is 0 Å². The second kappa shape index (κ2) is 9.21. The van der Waals surface area contributed by atoms with Crippen molar-refractivity contribution in [2.45, 2.75) is 52.1 Å². The number of hydrogen-bond acceptors (Lipinski definition) is 4. The predicted molar refractivity (Wildman–Crippen MR) is 132 cm³/mol. The van der Waals surface area contributed by atoms with Gasteiger partial charge in [0, 0.05) is 28.7 Å². The van der Waals surface area contributed by atoms with Gasteiger partial charge in [-0.25, -0.2) is 14.2 Å². The number of aliphatic carboxylic acids is 1. The minimum Gasteiger partial charge on any atom is -0.497 e. The second-order valence-electron chi connectivity index (χ2n) is 8.62. The molecular formula is C26H29N3O5. The maximum atomic E-state index is 13.9. The highest BCUT2D eigenvalue weighted by Gasteiger charge is 2.28. The maximum absolute atomic E-state index is 13.9. The summed E-state index contributed by atoms with van der Waals surface area (Å²) in [5.41, 5.74) is 2.02. The average molecular weight is 464 g/mol. The lowest BCUT2D eigenvalue weighted by atomic mass is 10.0. The van der Waals surface area contributed by atoms with Crippen LogP contribution in [0.1, 0.15) is 56.3 Å². The number of nitrogens with one attached hydrogen (secondary N) is 1. The molecule has 0 aliphatic heterocycles. The SMILES string of the molecule is CCCC[C@@H](C(=O)O)n1c(=O)c2ccc(OC)cc2n(C(C)c2c[nH]c3cccc(C)c23)c1=O. The van der Waals surface area contributed by atoms with Crippen molar-refractivity contribution in [1.82, 2.24) is 14.1 Å². The Morgan fingerprint density at radius 3 is 2.62 bits per heavy atom. The zero-order valence-corrected chi connectivity index (χ0v) is 19.8. The molecule has 1 unspecified atom stereocenters. The van der Waals surface area contributed by atoms with Gasteiger partial charge in [-0.1, -0.05) is 31.9 Å². The molecule has 2 atom stereocenters. The fourth-order valence-electron chi connectivity index (χ4n) is 4.73. The molecule has 0 aliphatic carbocycles. The van der Waals surface area contributed by atoms with Crippen LogP contribution in [0, 0.1) is 6.92 Å². The van der Waals surface area contributed by atoms with E-state index in [1.165, 1.54) is 11.7 Å². The predicted octanol–water partition coefficient (Wildman–Crippen LogP) is 4.39. The molecule has 2 aromatic carbocycles. The van der Waals surface area contributed by atoms with Crippen molar-refractivity contribution < 1.29 is 14.6 Å². The van der Waals surface area contributed by atoms with E-state index >= 15 is 0 Å². The fraction of sp³-hybridized carbons (Fsp3) is 0.346. The molecule has 0 bridgehead atoms. The van der Waals surface area contributed by atoms with E-state index in [4.69, 9.17) is 4.74 Å². The summed E-state index contributed by atoms with van der Waals surface area (Å²) in [6.07, 6.45) is 3.40. The van der Waals surface area contributed by atoms with Crippen molar-refractivity contribution >= 4 is 27.8 Å². The van der Waals surface area contributed by atoms with E-state index in [0.29, 0.717) is 17.7 Å². The van der Waals surface area contributed by atoms with E-state index in [1.54, 1.807) is 18.2 Å². The van der Waals surface area contributed by atoms with Crippen molar-refractivity contribution in [3.8, 4) is 5.75 Å². The third-order valence-corrected chi connectivity index (χ3v) is 6.54. The number of ether oxygens (including phenoxy) is 1. The van der Waals surface area contributed by atoms with Crippen molar-refractivity contribution in [3.05, 3.63) is 74.6 Å². The largest absolute Gasteiger partial charge is 0.497 e. The summed E-state index contributed by atoms with van der Waals surface area (Å²) in [5.74, 6) is -0.691. The van der Waals surface area contributed by atoms with Crippen LogP contribution in [-0.2, 0) is 4.79 Å². The molecule has 2 N–H and O–H groups in total. The van der Waals surface area contributed by atoms with E-state index in [0.717, 1.165) is 33.0 Å². The molecule has 4 aromatic rings. The number of hydrogen-bond donors (Lipinski definition) is 2. The average Bonchev–Trinajstić information content (AvgIpc) is 3.26. The number of H-pyrrole nitrogens is 1. The number of unbranched alkanes of at least 4 members (excludes halogenated alkanes) is 1. The van der Waals surface area contributed by atoms with Gasteiger partial charge >= 0.3 is 11.7 Å². The zero-order chi connectivity index (χ0) is 24.6. The Morgan fingerprint density at radius 2 is 1.94 bits per heavy atom. The first kappa shape index (κ1) is 23.4. The Hall–Kier alpha value is -3.81. The molecule has 2 heterocycles. The number of carbonyl (C=O) groups is 1. The van der Waals surface area contributed by atoms with Gasteiger partial charge in [0.05, 0.1) is 24.1 Å². The number of fused-ring (bicyclic) bond motifs is 2. The van der Waals surface area contributed by atoms with Gasteiger partial charge in [0.15, 0.2) is 0 Å². The van der Waals surface area contributed by atoms with Crippen LogP contribution in [0.5, 0.6) is 5.75 Å². The first-order chi connectivity index (χ1) is 16.3. The first-order valence-electron chi connectivity index (χ1n) is 11.4. The standard InChI is InChI=1S/C26H29N3O5/c1-5-6-10-21(25(31)32)29-24(30)18-12-11-17(34-4)13-22(18)28(26(29)33)16(3)19-14-27-20-9-7-8-15(2)23(19)20/h7-9,11-14,16,21,27H,5-6,10H2,1-4H3,(H,31,32)/t16?,21-/m0/s1. The number of methoxy groups -OCH3 is 1. The molecule has 0 aliphatic rings. The number of benzene rings is 2. The summed E-state index contributed by atoms with van der Waals surface area (Å²) in [7, 11) is 1.52. The monoisotopic (exact) mass is 463 g/mol. The van der Waals surface area contributed by atoms with E-state index < -0.39 is 29.3 Å². The summed E-state index contributed by atoms with van der Waals surface area (Å²) < 4.78 is 7.78. The summed E-state index contributed by atoms with van der Waals surface area (Å²) in [5, 5.41) is 11.2. The molecule has 8 nitrogen and oxygen atoms in total. The lowest BCUT2D eigenvalue weighted by molar-refractivity contribution is -0.141. The number of carboxylic acids is 1. The van der Waals surface area contributed by atoms with E-state index in [2.05, 4.69) is 4.98 Å². The minimum atomic E-state index is -1.24. The van der Waals surface area contributed by atoms with Crippen LogP contribution in [0.25, 0.3) is 21.8 Å². The summed E-state index contributed by atoms with van der Waals surface area (Å²) >= 11 is 0. The Kier molecular flexibility index (Phi) is 6.32. The molecule has 178 valence electrons. The topological polar surface area (TPSA) is 106 Å². The highest BCUT2D eigenvalue weighted by atomic mass is 16.5. The number of aryl methyl sites for hydroxylation is 1. The normalized spacial score (nSPS) is 13.3. The van der Waals surface area contributed by atoms with Gasteiger partial charge in [-0.05, 0) is 44.0 Å². The van der Waals surface area contributed by atoms with Crippen LogP contribution in [0.2, 0.25) is 0 Å². The van der Waals surface area contributed by atoms with Crippen molar-refractivity contribution in [2.75, 3.05) is 7.11 Å². The van der Waals surface area contributed by atoms with Gasteiger partial charge in [0.25, 0.3) is 5.56 Å². The van der Waals surface area contributed by atoms with Crippen LogP contribution in [0.4, 0.5) is 0 Å². The third-order valence-electron chi connectivity index (χ3n) is 6.54. The summed E-state index contributed by atoms with van der Waals surface area (Å²) in [4.78, 5) is 42.7. The van der Waals surface area contributed by atoms with Gasteiger partial charge in [-0.15, -0.1) is 0 Å². The lowest BCUT2D eigenvalue weighted by Gasteiger charge is -2.23. The Morgan fingerprint density at radius 1 is 1.18 bits per heavy atom. The van der Waals surface area contributed by atoms with Crippen molar-refractivity contribution in [2.24, 2.45) is 0 Å². The highest BCUT2D eigenvalue weighted by Crippen LogP contribution is 2.31. The van der Waals surface area contributed by atoms with Crippen LogP contribution >= 0.6 is 0 Å². The molecule has 8 heteroatoms. The smallest absolute Gasteiger partial charge is 0.332 e. The van der Waals surface area contributed by atoms with Crippen molar-refractivity contribution in [1.29, 1.82) is 0 Å². The fourth-order valence-corrected chi connectivity index (χ4v) is 4.73. The van der Waals surface area contributed by atoms with Crippen molar-refractivity contribution in [3.63, 3.8) is 0 Å². The zero-order valence-electron chi connectivity index (χ0n) is 19.8. The van der Waals surface area contributed by atoms with E-state index in [-0.39, 0.29) is 11.8 Å². The van der Waals surface area contributed by atoms with Crippen LogP contribution in [0.3, 0.4) is 0 Å². The van der Waals surface area contributed by atoms with E-state index in [9.17, 15) is 19.5 Å². The van der Waals surface area contributed by atoms with Gasteiger partial charge < -0.3 is 14.8 Å². The number of rotatable bonds is 8. The Bertz CT molecular complexity index is 1490. The molecule has 0 saturated carbocycles. The molecule has 2 aromatic heterocycles. The number of carboxylic acid groups (broad SMARTS) is 1.